The summed E-state index contributed by atoms with van der Waals surface area (Å²) in [4.78, 5) is 21.6. The second-order valence-corrected chi connectivity index (χ2v) is 3.49. The number of methoxy groups -OCH3 is 1. The van der Waals surface area contributed by atoms with Crippen molar-refractivity contribution in [2.75, 3.05) is 13.7 Å². The van der Waals surface area contributed by atoms with Crippen LogP contribution in [0.15, 0.2) is 12.1 Å². The van der Waals surface area contributed by atoms with Gasteiger partial charge in [0.25, 0.3) is 5.69 Å². The van der Waals surface area contributed by atoms with Crippen molar-refractivity contribution < 1.29 is 19.2 Å². The van der Waals surface area contributed by atoms with Crippen LogP contribution in [0.2, 0.25) is 0 Å². The van der Waals surface area contributed by atoms with Crippen molar-refractivity contribution in [2.45, 2.75) is 13.3 Å². The maximum absolute atomic E-state index is 11.5. The van der Waals surface area contributed by atoms with E-state index in [0.29, 0.717) is 0 Å². The molecule has 0 atom stereocenters. The molecule has 0 N–H and O–H groups in total. The number of nitro groups is 1. The molecule has 100 valence electrons. The van der Waals surface area contributed by atoms with E-state index in [1.807, 2.05) is 0 Å². The van der Waals surface area contributed by atoms with Crippen LogP contribution in [0.1, 0.15) is 18.1 Å². The van der Waals surface area contributed by atoms with Crippen LogP contribution in [-0.2, 0) is 16.0 Å². The summed E-state index contributed by atoms with van der Waals surface area (Å²) in [7, 11) is 1.36. The third-order valence-electron chi connectivity index (χ3n) is 2.40. The van der Waals surface area contributed by atoms with E-state index in [-0.39, 0.29) is 35.6 Å². The Morgan fingerprint density at radius 3 is 2.68 bits per heavy atom. The largest absolute Gasteiger partial charge is 0.496 e. The van der Waals surface area contributed by atoms with Gasteiger partial charge in [-0.05, 0) is 13.0 Å². The fourth-order valence-corrected chi connectivity index (χ4v) is 1.62. The monoisotopic (exact) mass is 264 g/mol. The molecule has 0 saturated heterocycles. The van der Waals surface area contributed by atoms with E-state index in [1.165, 1.54) is 19.2 Å². The van der Waals surface area contributed by atoms with E-state index >= 15 is 0 Å². The van der Waals surface area contributed by atoms with Crippen LogP contribution < -0.4 is 4.74 Å². The molecule has 0 saturated carbocycles. The molecule has 1 aromatic carbocycles. The highest BCUT2D eigenvalue weighted by molar-refractivity contribution is 5.76. The van der Waals surface area contributed by atoms with Crippen molar-refractivity contribution in [1.29, 1.82) is 5.26 Å². The summed E-state index contributed by atoms with van der Waals surface area (Å²) in [6, 6.07) is 4.27. The lowest BCUT2D eigenvalue weighted by Crippen LogP contribution is -2.11. The molecular weight excluding hydrogens is 252 g/mol. The minimum Gasteiger partial charge on any atom is -0.496 e. The van der Waals surface area contributed by atoms with Gasteiger partial charge in [0.05, 0.1) is 25.1 Å². The first-order valence-electron chi connectivity index (χ1n) is 5.45. The van der Waals surface area contributed by atoms with Gasteiger partial charge >= 0.3 is 5.97 Å². The lowest BCUT2D eigenvalue weighted by atomic mass is 10.0. The molecule has 0 spiro atoms. The smallest absolute Gasteiger partial charge is 0.310 e. The highest BCUT2D eigenvalue weighted by atomic mass is 16.6. The summed E-state index contributed by atoms with van der Waals surface area (Å²) >= 11 is 0. The maximum Gasteiger partial charge on any atom is 0.310 e. The van der Waals surface area contributed by atoms with E-state index in [0.717, 1.165) is 0 Å². The fraction of sp³-hybridized carbons (Fsp3) is 0.333. The zero-order valence-corrected chi connectivity index (χ0v) is 10.5. The van der Waals surface area contributed by atoms with Crippen molar-refractivity contribution in [3.05, 3.63) is 33.4 Å². The Morgan fingerprint density at radius 2 is 2.21 bits per heavy atom. The van der Waals surface area contributed by atoms with Gasteiger partial charge in [-0.2, -0.15) is 5.26 Å². The van der Waals surface area contributed by atoms with Crippen LogP contribution in [0.5, 0.6) is 5.75 Å². The summed E-state index contributed by atoms with van der Waals surface area (Å²) in [6.45, 7) is 1.84. The van der Waals surface area contributed by atoms with Gasteiger partial charge in [-0.3, -0.25) is 14.9 Å². The van der Waals surface area contributed by atoms with Crippen LogP contribution in [-0.4, -0.2) is 24.6 Å². The Labute approximate surface area is 109 Å². The standard InChI is InChI=1S/C12H12N2O5/c1-3-19-12(15)6-8-9(7-13)10(14(16)17)4-5-11(8)18-2/h4-5H,3,6H2,1-2H3. The van der Waals surface area contributed by atoms with Crippen molar-refractivity contribution in [3.63, 3.8) is 0 Å². The van der Waals surface area contributed by atoms with Gasteiger partial charge in [-0.15, -0.1) is 0 Å². The van der Waals surface area contributed by atoms with Crippen LogP contribution in [0, 0.1) is 21.4 Å². The number of rotatable bonds is 5. The van der Waals surface area contributed by atoms with Gasteiger partial charge in [0.1, 0.15) is 17.4 Å². The number of hydrogen-bond donors (Lipinski definition) is 0. The summed E-state index contributed by atoms with van der Waals surface area (Å²) in [5, 5.41) is 19.9. The third kappa shape index (κ3) is 3.19. The number of esters is 1. The van der Waals surface area contributed by atoms with Crippen molar-refractivity contribution in [3.8, 4) is 11.8 Å². The molecule has 0 amide bonds. The fourth-order valence-electron chi connectivity index (χ4n) is 1.62. The zero-order valence-electron chi connectivity index (χ0n) is 10.5. The van der Waals surface area contributed by atoms with E-state index in [4.69, 9.17) is 14.7 Å². The predicted octanol–water partition coefficient (Wildman–Crippen LogP) is 1.58. The topological polar surface area (TPSA) is 102 Å². The van der Waals surface area contributed by atoms with Crippen molar-refractivity contribution in [1.82, 2.24) is 0 Å². The number of nitro benzene ring substituents is 1. The summed E-state index contributed by atoms with van der Waals surface area (Å²) in [5.41, 5.74) is -0.377. The number of carbonyl (C=O) groups excluding carboxylic acids is 1. The molecular formula is C12H12N2O5. The summed E-state index contributed by atoms with van der Waals surface area (Å²) in [6.07, 6.45) is -0.248. The molecule has 1 aromatic rings. The minimum atomic E-state index is -0.674. The molecule has 1 rings (SSSR count). The lowest BCUT2D eigenvalue weighted by Gasteiger charge is -2.09. The van der Waals surface area contributed by atoms with E-state index in [9.17, 15) is 14.9 Å². The van der Waals surface area contributed by atoms with Gasteiger partial charge < -0.3 is 9.47 Å². The van der Waals surface area contributed by atoms with E-state index in [1.54, 1.807) is 13.0 Å². The average molecular weight is 264 g/mol. The molecule has 7 nitrogen and oxygen atoms in total. The lowest BCUT2D eigenvalue weighted by molar-refractivity contribution is -0.385. The average Bonchev–Trinajstić information content (AvgIpc) is 2.38. The molecule has 0 bridgehead atoms. The molecule has 0 aliphatic carbocycles. The molecule has 0 radical (unpaired) electrons. The highest BCUT2D eigenvalue weighted by Crippen LogP contribution is 2.30. The first kappa shape index (κ1) is 14.4. The molecule has 0 aliphatic rings. The number of carbonyl (C=O) groups is 1. The van der Waals surface area contributed by atoms with Gasteiger partial charge in [0.2, 0.25) is 0 Å². The summed E-state index contributed by atoms with van der Waals surface area (Å²) < 4.78 is 9.79. The van der Waals surface area contributed by atoms with Crippen LogP contribution in [0.3, 0.4) is 0 Å². The van der Waals surface area contributed by atoms with Crippen molar-refractivity contribution in [2.24, 2.45) is 0 Å². The van der Waals surface area contributed by atoms with Crippen LogP contribution in [0.4, 0.5) is 5.69 Å². The number of nitrogens with zero attached hydrogens (tertiary/aromatic N) is 2. The SMILES string of the molecule is CCOC(=O)Cc1c(OC)ccc([N+](=O)[O-])c1C#N. The Hall–Kier alpha value is -2.62. The molecule has 0 aromatic heterocycles. The van der Waals surface area contributed by atoms with Crippen molar-refractivity contribution >= 4 is 11.7 Å². The normalized spacial score (nSPS) is 9.53. The van der Waals surface area contributed by atoms with Gasteiger partial charge in [-0.25, -0.2) is 0 Å². The molecule has 0 fully saturated rings. The number of nitriles is 1. The maximum atomic E-state index is 11.5. The molecule has 0 heterocycles. The first-order valence-corrected chi connectivity index (χ1v) is 5.45. The van der Waals surface area contributed by atoms with Crippen LogP contribution >= 0.6 is 0 Å². The molecule has 0 aliphatic heterocycles. The van der Waals surface area contributed by atoms with Gasteiger partial charge in [0, 0.05) is 11.6 Å². The number of hydrogen-bond acceptors (Lipinski definition) is 6. The first-order chi connectivity index (χ1) is 9.04. The Balaban J connectivity index is 3.32. The van der Waals surface area contributed by atoms with Gasteiger partial charge in [0.15, 0.2) is 0 Å². The Kier molecular flexibility index (Phi) is 4.83. The van der Waals surface area contributed by atoms with Crippen LogP contribution in [0.25, 0.3) is 0 Å². The zero-order chi connectivity index (χ0) is 14.4. The summed E-state index contributed by atoms with van der Waals surface area (Å²) in [5.74, 6) is -0.326. The Morgan fingerprint density at radius 1 is 1.53 bits per heavy atom. The quantitative estimate of drug-likeness (QED) is 0.454. The number of ether oxygens (including phenoxy) is 2. The Bertz CT molecular complexity index is 548. The highest BCUT2D eigenvalue weighted by Gasteiger charge is 2.23. The minimum absolute atomic E-state index is 0.164. The predicted molar refractivity (Wildman–Crippen MR) is 64.7 cm³/mol. The molecule has 0 unspecified atom stereocenters. The van der Waals surface area contributed by atoms with Gasteiger partial charge in [-0.1, -0.05) is 0 Å². The van der Waals surface area contributed by atoms with E-state index in [2.05, 4.69) is 0 Å². The van der Waals surface area contributed by atoms with E-state index < -0.39 is 10.9 Å². The number of benzene rings is 1. The second-order valence-electron chi connectivity index (χ2n) is 3.49. The molecule has 19 heavy (non-hydrogen) atoms. The third-order valence-corrected chi connectivity index (χ3v) is 2.40. The second kappa shape index (κ2) is 6.35. The molecule has 7 heteroatoms.